The molecule has 0 aliphatic carbocycles. The molecular formula is C19H25ClIN3O2S. The minimum atomic E-state index is -3.21. The summed E-state index contributed by atoms with van der Waals surface area (Å²) in [5, 5.41) is 7.16. The minimum Gasteiger partial charge on any atom is -0.357 e. The minimum absolute atomic E-state index is 0. The smallest absolute Gasteiger partial charge is 0.191 e. The molecule has 0 heterocycles. The van der Waals surface area contributed by atoms with E-state index >= 15 is 0 Å². The van der Waals surface area contributed by atoms with Gasteiger partial charge in [0.25, 0.3) is 0 Å². The summed E-state index contributed by atoms with van der Waals surface area (Å²) in [5.74, 6) is 0.678. The van der Waals surface area contributed by atoms with E-state index in [1.165, 1.54) is 6.26 Å². The van der Waals surface area contributed by atoms with Crippen LogP contribution in [0.1, 0.15) is 23.6 Å². The van der Waals surface area contributed by atoms with Crippen LogP contribution in [-0.2, 0) is 22.9 Å². The van der Waals surface area contributed by atoms with Gasteiger partial charge in [0.1, 0.15) is 0 Å². The molecule has 0 spiro atoms. The third-order valence-corrected chi connectivity index (χ3v) is 5.43. The Labute approximate surface area is 183 Å². The lowest BCUT2D eigenvalue weighted by Crippen LogP contribution is -2.36. The van der Waals surface area contributed by atoms with Crippen molar-refractivity contribution in [2.75, 3.05) is 12.8 Å². The lowest BCUT2D eigenvalue weighted by Gasteiger charge is -2.12. The summed E-state index contributed by atoms with van der Waals surface area (Å²) in [7, 11) is -3.21. The molecule has 0 fully saturated rings. The quantitative estimate of drug-likeness (QED) is 0.343. The van der Waals surface area contributed by atoms with Crippen molar-refractivity contribution in [3.63, 3.8) is 0 Å². The van der Waals surface area contributed by atoms with E-state index in [4.69, 9.17) is 11.6 Å². The molecule has 0 atom stereocenters. The number of benzene rings is 2. The van der Waals surface area contributed by atoms with Crippen molar-refractivity contribution in [1.29, 1.82) is 0 Å². The predicted molar refractivity (Wildman–Crippen MR) is 123 cm³/mol. The molecular weight excluding hydrogens is 497 g/mol. The molecule has 2 aromatic rings. The zero-order valence-corrected chi connectivity index (χ0v) is 19.5. The monoisotopic (exact) mass is 521 g/mol. The number of aryl methyl sites for hydroxylation is 1. The maximum Gasteiger partial charge on any atom is 0.191 e. The molecule has 0 aliphatic heterocycles. The molecule has 0 unspecified atom stereocenters. The van der Waals surface area contributed by atoms with Crippen LogP contribution in [0.5, 0.6) is 0 Å². The van der Waals surface area contributed by atoms with Gasteiger partial charge in [-0.05, 0) is 42.7 Å². The van der Waals surface area contributed by atoms with Crippen LogP contribution in [0.2, 0.25) is 5.02 Å². The van der Waals surface area contributed by atoms with E-state index in [1.54, 1.807) is 19.1 Å². The molecule has 27 heavy (non-hydrogen) atoms. The Bertz CT molecular complexity index is 902. The van der Waals surface area contributed by atoms with Gasteiger partial charge in [0.05, 0.1) is 11.4 Å². The zero-order chi connectivity index (χ0) is 19.2. The second kappa shape index (κ2) is 10.9. The van der Waals surface area contributed by atoms with E-state index < -0.39 is 9.84 Å². The van der Waals surface area contributed by atoms with Crippen molar-refractivity contribution in [3.8, 4) is 0 Å². The molecule has 148 valence electrons. The summed E-state index contributed by atoms with van der Waals surface area (Å²) >= 11 is 6.18. The highest BCUT2D eigenvalue weighted by Gasteiger charge is 2.10. The van der Waals surface area contributed by atoms with Gasteiger partial charge in [0.2, 0.25) is 0 Å². The van der Waals surface area contributed by atoms with Gasteiger partial charge < -0.3 is 10.6 Å². The number of nitrogens with zero attached hydrogens (tertiary/aromatic N) is 1. The second-order valence-corrected chi connectivity index (χ2v) is 8.40. The normalized spacial score (nSPS) is 11.6. The van der Waals surface area contributed by atoms with E-state index in [0.717, 1.165) is 23.2 Å². The molecule has 5 nitrogen and oxygen atoms in total. The first-order valence-corrected chi connectivity index (χ1v) is 10.6. The van der Waals surface area contributed by atoms with Crippen LogP contribution in [0.25, 0.3) is 0 Å². The van der Waals surface area contributed by atoms with Crippen LogP contribution in [0.3, 0.4) is 0 Å². The van der Waals surface area contributed by atoms with Crippen LogP contribution < -0.4 is 10.6 Å². The van der Waals surface area contributed by atoms with Gasteiger partial charge >= 0.3 is 0 Å². The van der Waals surface area contributed by atoms with E-state index in [1.807, 2.05) is 37.3 Å². The summed E-state index contributed by atoms with van der Waals surface area (Å²) in [6, 6.07) is 13.0. The SMILES string of the molecule is CCNC(=NCc1ccc(S(C)(=O)=O)c(C)c1)NCc1ccccc1Cl.I. The fourth-order valence-electron chi connectivity index (χ4n) is 2.56. The number of halogens is 2. The highest BCUT2D eigenvalue weighted by molar-refractivity contribution is 14.0. The van der Waals surface area contributed by atoms with Gasteiger partial charge in [-0.15, -0.1) is 24.0 Å². The van der Waals surface area contributed by atoms with E-state index in [2.05, 4.69) is 15.6 Å². The maximum absolute atomic E-state index is 11.7. The third-order valence-electron chi connectivity index (χ3n) is 3.81. The number of sulfone groups is 1. The average molecular weight is 522 g/mol. The molecule has 8 heteroatoms. The third kappa shape index (κ3) is 7.31. The second-order valence-electron chi connectivity index (χ2n) is 6.01. The number of nitrogens with one attached hydrogen (secondary N) is 2. The van der Waals surface area contributed by atoms with E-state index in [9.17, 15) is 8.42 Å². The van der Waals surface area contributed by atoms with Gasteiger partial charge in [0.15, 0.2) is 15.8 Å². The Hall–Kier alpha value is -1.32. The lowest BCUT2D eigenvalue weighted by molar-refractivity contribution is 0.601. The molecule has 0 saturated carbocycles. The van der Waals surface area contributed by atoms with Gasteiger partial charge in [-0.1, -0.05) is 41.9 Å². The topological polar surface area (TPSA) is 70.6 Å². The largest absolute Gasteiger partial charge is 0.357 e. The Morgan fingerprint density at radius 2 is 1.85 bits per heavy atom. The lowest BCUT2D eigenvalue weighted by atomic mass is 10.1. The highest BCUT2D eigenvalue weighted by Crippen LogP contribution is 2.17. The number of hydrogen-bond acceptors (Lipinski definition) is 3. The Kier molecular flexibility index (Phi) is 9.55. The number of rotatable bonds is 6. The highest BCUT2D eigenvalue weighted by atomic mass is 127. The first-order valence-electron chi connectivity index (χ1n) is 8.36. The zero-order valence-electron chi connectivity index (χ0n) is 15.6. The molecule has 0 bridgehead atoms. The van der Waals surface area contributed by atoms with Crippen molar-refractivity contribution < 1.29 is 8.42 Å². The summed E-state index contributed by atoms with van der Waals surface area (Å²) in [6.45, 7) is 5.54. The molecule has 0 radical (unpaired) electrons. The molecule has 0 aliphatic rings. The predicted octanol–water partition coefficient (Wildman–Crippen LogP) is 3.93. The van der Waals surface area contributed by atoms with Crippen molar-refractivity contribution in [2.24, 2.45) is 4.99 Å². The Balaban J connectivity index is 0.00000364. The van der Waals surface area contributed by atoms with E-state index in [0.29, 0.717) is 29.0 Å². The van der Waals surface area contributed by atoms with Crippen molar-refractivity contribution in [1.82, 2.24) is 10.6 Å². The Morgan fingerprint density at radius 1 is 1.15 bits per heavy atom. The van der Waals surface area contributed by atoms with Crippen molar-refractivity contribution in [2.45, 2.75) is 31.8 Å². The van der Waals surface area contributed by atoms with E-state index in [-0.39, 0.29) is 24.0 Å². The van der Waals surface area contributed by atoms with Gasteiger partial charge in [0, 0.05) is 24.4 Å². The van der Waals surface area contributed by atoms with Crippen LogP contribution >= 0.6 is 35.6 Å². The summed E-state index contributed by atoms with van der Waals surface area (Å²) in [5.41, 5.74) is 2.67. The van der Waals surface area contributed by atoms with Crippen LogP contribution in [0.4, 0.5) is 0 Å². The molecule has 2 N–H and O–H groups in total. The van der Waals surface area contributed by atoms with Crippen LogP contribution in [-0.4, -0.2) is 27.2 Å². The van der Waals surface area contributed by atoms with Gasteiger partial charge in [-0.2, -0.15) is 0 Å². The van der Waals surface area contributed by atoms with Crippen molar-refractivity contribution in [3.05, 3.63) is 64.2 Å². The van der Waals surface area contributed by atoms with Crippen molar-refractivity contribution >= 4 is 51.4 Å². The van der Waals surface area contributed by atoms with Crippen LogP contribution in [0.15, 0.2) is 52.4 Å². The molecule has 2 rings (SSSR count). The van der Waals surface area contributed by atoms with Gasteiger partial charge in [-0.25, -0.2) is 13.4 Å². The fourth-order valence-corrected chi connectivity index (χ4v) is 3.72. The number of aliphatic imine (C=N–C) groups is 1. The molecule has 0 aromatic heterocycles. The summed E-state index contributed by atoms with van der Waals surface area (Å²) in [6.07, 6.45) is 1.22. The fraction of sp³-hybridized carbons (Fsp3) is 0.316. The number of guanidine groups is 1. The van der Waals surface area contributed by atoms with Gasteiger partial charge in [-0.3, -0.25) is 0 Å². The summed E-state index contributed by atoms with van der Waals surface area (Å²) in [4.78, 5) is 4.92. The summed E-state index contributed by atoms with van der Waals surface area (Å²) < 4.78 is 23.4. The Morgan fingerprint density at radius 3 is 2.44 bits per heavy atom. The number of hydrogen-bond donors (Lipinski definition) is 2. The first-order chi connectivity index (χ1) is 12.3. The van der Waals surface area contributed by atoms with Crippen LogP contribution in [0, 0.1) is 6.92 Å². The molecule has 0 amide bonds. The maximum atomic E-state index is 11.7. The molecule has 2 aromatic carbocycles. The standard InChI is InChI=1S/C19H24ClN3O2S.HI/c1-4-21-19(23-13-16-7-5-6-8-17(16)20)22-12-15-9-10-18(14(2)11-15)26(3,24)25;/h5-11H,4,12-13H2,1-3H3,(H2,21,22,23);1H. The average Bonchev–Trinajstić information content (AvgIpc) is 2.57. The first kappa shape index (κ1) is 23.7. The molecule has 0 saturated heterocycles.